The lowest BCUT2D eigenvalue weighted by Crippen LogP contribution is -2.49. The zero-order chi connectivity index (χ0) is 17.9. The number of carbonyl (C=O) groups excluding carboxylic acids is 1. The van der Waals surface area contributed by atoms with Crippen molar-refractivity contribution in [3.8, 4) is 5.75 Å². The summed E-state index contributed by atoms with van der Waals surface area (Å²) in [7, 11) is 0. The minimum atomic E-state index is 0.224. The Morgan fingerprint density at radius 1 is 1.12 bits per heavy atom. The van der Waals surface area contributed by atoms with E-state index in [0.717, 1.165) is 56.0 Å². The summed E-state index contributed by atoms with van der Waals surface area (Å²) >= 11 is 1.77. The normalized spacial score (nSPS) is 17.1. The van der Waals surface area contributed by atoms with Crippen LogP contribution < -0.4 is 9.64 Å². The fourth-order valence-corrected chi connectivity index (χ4v) is 5.11. The number of aryl methyl sites for hydroxylation is 1. The van der Waals surface area contributed by atoms with Crippen molar-refractivity contribution in [1.29, 1.82) is 0 Å². The molecule has 1 aromatic heterocycles. The lowest BCUT2D eigenvalue weighted by atomic mass is 9.95. The van der Waals surface area contributed by atoms with E-state index < -0.39 is 0 Å². The molecule has 0 spiro atoms. The van der Waals surface area contributed by atoms with Crippen LogP contribution in [0.5, 0.6) is 5.75 Å². The largest absolute Gasteiger partial charge is 0.492 e. The number of ether oxygens (including phenoxy) is 1. The predicted molar refractivity (Wildman–Crippen MR) is 107 cm³/mol. The summed E-state index contributed by atoms with van der Waals surface area (Å²) in [5.74, 6) is 1.16. The molecule has 138 valence electrons. The summed E-state index contributed by atoms with van der Waals surface area (Å²) in [6.07, 6.45) is 4.70. The van der Waals surface area contributed by atoms with Crippen molar-refractivity contribution in [2.45, 2.75) is 32.6 Å². The zero-order valence-electron chi connectivity index (χ0n) is 15.4. The Kier molecular flexibility index (Phi) is 5.16. The van der Waals surface area contributed by atoms with Crippen molar-refractivity contribution >= 4 is 22.9 Å². The minimum Gasteiger partial charge on any atom is -0.492 e. The molecule has 0 atom stereocenters. The van der Waals surface area contributed by atoms with E-state index in [-0.39, 0.29) is 5.91 Å². The van der Waals surface area contributed by atoms with E-state index in [1.54, 1.807) is 11.3 Å². The third-order valence-corrected chi connectivity index (χ3v) is 6.45. The first-order chi connectivity index (χ1) is 12.8. The first-order valence-corrected chi connectivity index (χ1v) is 10.5. The highest BCUT2D eigenvalue weighted by molar-refractivity contribution is 7.10. The molecule has 0 bridgehead atoms. The average Bonchev–Trinajstić information content (AvgIpc) is 3.12. The van der Waals surface area contributed by atoms with E-state index in [4.69, 9.17) is 4.74 Å². The van der Waals surface area contributed by atoms with Crippen LogP contribution in [0.3, 0.4) is 0 Å². The average molecular weight is 371 g/mol. The van der Waals surface area contributed by atoms with Crippen molar-refractivity contribution in [3.05, 3.63) is 45.6 Å². The Labute approximate surface area is 159 Å². The van der Waals surface area contributed by atoms with E-state index in [2.05, 4.69) is 16.3 Å². The fraction of sp³-hybridized carbons (Fsp3) is 0.476. The van der Waals surface area contributed by atoms with E-state index in [9.17, 15) is 4.79 Å². The second kappa shape index (κ2) is 7.70. The van der Waals surface area contributed by atoms with E-state index >= 15 is 0 Å². The summed E-state index contributed by atoms with van der Waals surface area (Å²) in [6.45, 7) is 5.91. The van der Waals surface area contributed by atoms with Gasteiger partial charge in [0.1, 0.15) is 5.75 Å². The second-order valence-electron chi connectivity index (χ2n) is 6.94. The van der Waals surface area contributed by atoms with Crippen LogP contribution in [0.25, 0.3) is 0 Å². The Balaban J connectivity index is 1.44. The number of thiophene rings is 1. The molecule has 1 aliphatic heterocycles. The summed E-state index contributed by atoms with van der Waals surface area (Å²) in [4.78, 5) is 18.8. The molecule has 0 radical (unpaired) electrons. The lowest BCUT2D eigenvalue weighted by molar-refractivity contribution is 0.0746. The van der Waals surface area contributed by atoms with Gasteiger partial charge in [-0.3, -0.25) is 4.79 Å². The van der Waals surface area contributed by atoms with E-state index in [1.807, 2.05) is 30.0 Å². The molecule has 2 heterocycles. The summed E-state index contributed by atoms with van der Waals surface area (Å²) in [5, 5.41) is 2.09. The number of hydrogen-bond acceptors (Lipinski definition) is 4. The van der Waals surface area contributed by atoms with Crippen LogP contribution >= 0.6 is 11.3 Å². The molecule has 1 saturated heterocycles. The number of nitrogens with zero attached hydrogens (tertiary/aromatic N) is 2. The van der Waals surface area contributed by atoms with E-state index in [0.29, 0.717) is 6.61 Å². The molecule has 4 nitrogen and oxygen atoms in total. The molecule has 0 unspecified atom stereocenters. The maximum absolute atomic E-state index is 13.0. The zero-order valence-corrected chi connectivity index (χ0v) is 16.2. The smallest absolute Gasteiger partial charge is 0.255 e. The Morgan fingerprint density at radius 3 is 2.69 bits per heavy atom. The molecule has 1 aliphatic carbocycles. The van der Waals surface area contributed by atoms with Gasteiger partial charge in [-0.05, 0) is 50.3 Å². The van der Waals surface area contributed by atoms with Crippen LogP contribution in [0.1, 0.15) is 40.6 Å². The van der Waals surface area contributed by atoms with Crippen molar-refractivity contribution < 1.29 is 9.53 Å². The number of amides is 1. The number of benzene rings is 1. The van der Waals surface area contributed by atoms with Crippen molar-refractivity contribution in [2.75, 3.05) is 37.7 Å². The first kappa shape index (κ1) is 17.4. The molecule has 1 amide bonds. The van der Waals surface area contributed by atoms with Gasteiger partial charge in [0.25, 0.3) is 5.91 Å². The predicted octanol–water partition coefficient (Wildman–Crippen LogP) is 3.99. The van der Waals surface area contributed by atoms with Gasteiger partial charge in [-0.1, -0.05) is 12.1 Å². The van der Waals surface area contributed by atoms with Gasteiger partial charge in [-0.15, -0.1) is 11.3 Å². The van der Waals surface area contributed by atoms with Gasteiger partial charge in [-0.25, -0.2) is 0 Å². The van der Waals surface area contributed by atoms with Crippen LogP contribution in [0.4, 0.5) is 5.69 Å². The Bertz CT molecular complexity index is 778. The maximum Gasteiger partial charge on any atom is 0.255 e. The topological polar surface area (TPSA) is 32.8 Å². The molecule has 0 N–H and O–H groups in total. The van der Waals surface area contributed by atoms with Crippen LogP contribution in [0, 0.1) is 0 Å². The van der Waals surface area contributed by atoms with Gasteiger partial charge >= 0.3 is 0 Å². The van der Waals surface area contributed by atoms with Crippen molar-refractivity contribution in [3.63, 3.8) is 0 Å². The van der Waals surface area contributed by atoms with Crippen LogP contribution in [0.2, 0.25) is 0 Å². The van der Waals surface area contributed by atoms with Crippen LogP contribution in [0.15, 0.2) is 29.6 Å². The number of piperazine rings is 1. The number of fused-ring (bicyclic) bond motifs is 1. The third-order valence-electron chi connectivity index (χ3n) is 5.36. The molecule has 5 heteroatoms. The van der Waals surface area contributed by atoms with Gasteiger partial charge in [0.15, 0.2) is 0 Å². The van der Waals surface area contributed by atoms with Gasteiger partial charge in [0.05, 0.1) is 17.9 Å². The van der Waals surface area contributed by atoms with Crippen molar-refractivity contribution in [1.82, 2.24) is 4.90 Å². The van der Waals surface area contributed by atoms with Gasteiger partial charge < -0.3 is 14.5 Å². The monoisotopic (exact) mass is 370 g/mol. The molecular formula is C21H26N2O2S. The highest BCUT2D eigenvalue weighted by atomic mass is 32.1. The molecule has 1 fully saturated rings. The summed E-state index contributed by atoms with van der Waals surface area (Å²) in [6, 6.07) is 8.19. The highest BCUT2D eigenvalue weighted by Gasteiger charge is 2.27. The number of carbonyl (C=O) groups is 1. The molecule has 0 saturated carbocycles. The third kappa shape index (κ3) is 3.32. The van der Waals surface area contributed by atoms with Gasteiger partial charge in [0, 0.05) is 36.4 Å². The van der Waals surface area contributed by atoms with E-state index in [1.165, 1.54) is 23.3 Å². The molecule has 1 aromatic carbocycles. The Morgan fingerprint density at radius 2 is 1.88 bits per heavy atom. The van der Waals surface area contributed by atoms with Crippen LogP contribution in [-0.2, 0) is 12.8 Å². The molecule has 26 heavy (non-hydrogen) atoms. The number of anilines is 1. The maximum atomic E-state index is 13.0. The molecular weight excluding hydrogens is 344 g/mol. The standard InChI is InChI=1S/C21H26N2O2S/c1-2-25-19-9-5-4-8-18(19)22-11-13-23(14-12-22)21(24)17-15-26-20-10-6-3-7-16(17)20/h4-5,8-9,15H,2-3,6-7,10-14H2,1H3. The fourth-order valence-electron chi connectivity index (χ4n) is 3.99. The first-order valence-electron chi connectivity index (χ1n) is 9.63. The Hall–Kier alpha value is -2.01. The highest BCUT2D eigenvalue weighted by Crippen LogP contribution is 2.32. The van der Waals surface area contributed by atoms with Crippen molar-refractivity contribution in [2.24, 2.45) is 0 Å². The SMILES string of the molecule is CCOc1ccccc1N1CCN(C(=O)c2csc3c2CCCC3)CC1. The summed E-state index contributed by atoms with van der Waals surface area (Å²) in [5.41, 5.74) is 3.43. The minimum absolute atomic E-state index is 0.224. The molecule has 4 rings (SSSR count). The van der Waals surface area contributed by atoms with Gasteiger partial charge in [0.2, 0.25) is 0 Å². The van der Waals surface area contributed by atoms with Gasteiger partial charge in [-0.2, -0.15) is 0 Å². The number of rotatable bonds is 4. The number of para-hydroxylation sites is 2. The number of hydrogen-bond donors (Lipinski definition) is 0. The quantitative estimate of drug-likeness (QED) is 0.816. The second-order valence-corrected chi connectivity index (χ2v) is 7.90. The molecule has 2 aromatic rings. The molecule has 2 aliphatic rings. The summed E-state index contributed by atoms with van der Waals surface area (Å²) < 4.78 is 5.76. The van der Waals surface area contributed by atoms with Crippen LogP contribution in [-0.4, -0.2) is 43.6 Å². The lowest BCUT2D eigenvalue weighted by Gasteiger charge is -2.36.